The van der Waals surface area contributed by atoms with Crippen LogP contribution >= 0.6 is 22.9 Å². The molecule has 1 aliphatic heterocycles. The second-order valence-corrected chi connectivity index (χ2v) is 10.1. The van der Waals surface area contributed by atoms with E-state index in [4.69, 9.17) is 16.1 Å². The van der Waals surface area contributed by atoms with Gasteiger partial charge in [0, 0.05) is 35.5 Å². The molecule has 0 amide bonds. The molecule has 1 aliphatic rings. The molecular weight excluding hydrogens is 418 g/mol. The van der Waals surface area contributed by atoms with Gasteiger partial charge in [-0.2, -0.15) is 20.6 Å². The fraction of sp³-hybridized carbons (Fsp3) is 0.368. The zero-order chi connectivity index (χ0) is 19.7. The Hall–Kier alpha value is -1.74. The first-order chi connectivity index (χ1) is 13.4. The zero-order valence-corrected chi connectivity index (χ0v) is 17.7. The van der Waals surface area contributed by atoms with Crippen molar-refractivity contribution in [1.82, 2.24) is 14.4 Å². The normalized spacial score (nSPS) is 18.4. The summed E-state index contributed by atoms with van der Waals surface area (Å²) < 4.78 is 33.2. The van der Waals surface area contributed by atoms with Gasteiger partial charge in [0.25, 0.3) is 0 Å². The third-order valence-electron chi connectivity index (χ3n) is 5.03. The quantitative estimate of drug-likeness (QED) is 0.591. The molecular formula is C19H20ClN3O3S2. The van der Waals surface area contributed by atoms with Crippen LogP contribution in [-0.2, 0) is 16.4 Å². The van der Waals surface area contributed by atoms with E-state index in [-0.39, 0.29) is 10.8 Å². The van der Waals surface area contributed by atoms with Crippen molar-refractivity contribution in [3.8, 4) is 11.4 Å². The number of hydrogen-bond acceptors (Lipinski definition) is 6. The summed E-state index contributed by atoms with van der Waals surface area (Å²) in [6.07, 6.45) is 2.30. The van der Waals surface area contributed by atoms with E-state index in [0.29, 0.717) is 41.8 Å². The molecule has 1 unspecified atom stereocenters. The molecule has 9 heteroatoms. The first kappa shape index (κ1) is 19.6. The van der Waals surface area contributed by atoms with Crippen molar-refractivity contribution in [2.24, 2.45) is 5.92 Å². The molecule has 1 aromatic carbocycles. The van der Waals surface area contributed by atoms with Gasteiger partial charge in [-0.05, 0) is 54.8 Å². The van der Waals surface area contributed by atoms with E-state index in [9.17, 15) is 8.42 Å². The van der Waals surface area contributed by atoms with Crippen molar-refractivity contribution in [2.75, 3.05) is 13.1 Å². The third kappa shape index (κ3) is 3.87. The average molecular weight is 438 g/mol. The smallest absolute Gasteiger partial charge is 0.243 e. The van der Waals surface area contributed by atoms with Crippen molar-refractivity contribution in [2.45, 2.75) is 31.1 Å². The van der Waals surface area contributed by atoms with E-state index >= 15 is 0 Å². The summed E-state index contributed by atoms with van der Waals surface area (Å²) in [6.45, 7) is 2.68. The minimum atomic E-state index is -3.59. The lowest BCUT2D eigenvalue weighted by Crippen LogP contribution is -2.40. The molecule has 0 saturated carbocycles. The highest BCUT2D eigenvalue weighted by atomic mass is 35.5. The van der Waals surface area contributed by atoms with Gasteiger partial charge in [-0.3, -0.25) is 0 Å². The number of hydrogen-bond donors (Lipinski definition) is 0. The number of aromatic nitrogens is 2. The standard InChI is InChI=1S/C19H20ClN3O3S2/c1-13-16(20)5-2-6-17(13)28(24,25)23-8-3-4-14(11-23)10-18-21-19(22-26-18)15-7-9-27-12-15/h2,5-7,9,12,14H,3-4,8,10-11H2,1H3. The molecule has 3 heterocycles. The Labute approximate surface area is 173 Å². The van der Waals surface area contributed by atoms with Gasteiger partial charge in [-0.1, -0.05) is 22.8 Å². The summed E-state index contributed by atoms with van der Waals surface area (Å²) in [5, 5.41) is 8.43. The lowest BCUT2D eigenvalue weighted by molar-refractivity contribution is 0.247. The number of thiophene rings is 1. The molecule has 1 fully saturated rings. The van der Waals surface area contributed by atoms with Crippen LogP contribution in [-0.4, -0.2) is 36.0 Å². The minimum Gasteiger partial charge on any atom is -0.339 e. The molecule has 1 atom stereocenters. The Bertz CT molecular complexity index is 1060. The lowest BCUT2D eigenvalue weighted by atomic mass is 9.96. The number of rotatable bonds is 5. The Balaban J connectivity index is 1.49. The molecule has 6 nitrogen and oxygen atoms in total. The van der Waals surface area contributed by atoms with Crippen LogP contribution in [0.5, 0.6) is 0 Å². The molecule has 1 saturated heterocycles. The molecule has 0 aliphatic carbocycles. The number of piperidine rings is 1. The monoisotopic (exact) mass is 437 g/mol. The van der Waals surface area contributed by atoms with Crippen molar-refractivity contribution >= 4 is 33.0 Å². The number of benzene rings is 1. The summed E-state index contributed by atoms with van der Waals surface area (Å²) in [4.78, 5) is 4.74. The molecule has 2 aromatic heterocycles. The maximum Gasteiger partial charge on any atom is 0.243 e. The first-order valence-electron chi connectivity index (χ1n) is 9.05. The lowest BCUT2D eigenvalue weighted by Gasteiger charge is -2.31. The van der Waals surface area contributed by atoms with Crippen molar-refractivity contribution in [1.29, 1.82) is 0 Å². The predicted octanol–water partition coefficient (Wildman–Crippen LogP) is 4.40. The Morgan fingerprint density at radius 2 is 2.21 bits per heavy atom. The van der Waals surface area contributed by atoms with E-state index < -0.39 is 10.0 Å². The largest absolute Gasteiger partial charge is 0.339 e. The topological polar surface area (TPSA) is 76.3 Å². The maximum atomic E-state index is 13.1. The van der Waals surface area contributed by atoms with Gasteiger partial charge in [0.15, 0.2) is 0 Å². The second-order valence-electron chi connectivity index (χ2n) is 6.96. The van der Waals surface area contributed by atoms with Gasteiger partial charge < -0.3 is 4.52 Å². The van der Waals surface area contributed by atoms with Gasteiger partial charge in [0.05, 0.1) is 4.90 Å². The second kappa shape index (κ2) is 7.94. The van der Waals surface area contributed by atoms with Crippen LogP contribution in [0.1, 0.15) is 24.3 Å². The molecule has 148 valence electrons. The number of nitrogens with zero attached hydrogens (tertiary/aromatic N) is 3. The molecule has 0 spiro atoms. The summed E-state index contributed by atoms with van der Waals surface area (Å²) >= 11 is 7.71. The van der Waals surface area contributed by atoms with Crippen LogP contribution in [0, 0.1) is 12.8 Å². The van der Waals surface area contributed by atoms with Crippen molar-refractivity contribution in [3.63, 3.8) is 0 Å². The first-order valence-corrected chi connectivity index (χ1v) is 11.8. The zero-order valence-electron chi connectivity index (χ0n) is 15.3. The SMILES string of the molecule is Cc1c(Cl)cccc1S(=O)(=O)N1CCCC(Cc2nc(-c3ccsc3)no2)C1. The molecule has 0 N–H and O–H groups in total. The molecule has 0 bridgehead atoms. The highest BCUT2D eigenvalue weighted by Crippen LogP contribution is 2.30. The minimum absolute atomic E-state index is 0.138. The van der Waals surface area contributed by atoms with E-state index in [1.54, 1.807) is 40.8 Å². The van der Waals surface area contributed by atoms with Gasteiger partial charge >= 0.3 is 0 Å². The van der Waals surface area contributed by atoms with Crippen LogP contribution in [0.4, 0.5) is 0 Å². The van der Waals surface area contributed by atoms with Crippen LogP contribution in [0.2, 0.25) is 5.02 Å². The Kier molecular flexibility index (Phi) is 5.55. The fourth-order valence-electron chi connectivity index (χ4n) is 3.51. The predicted molar refractivity (Wildman–Crippen MR) is 109 cm³/mol. The Morgan fingerprint density at radius 1 is 1.36 bits per heavy atom. The highest BCUT2D eigenvalue weighted by Gasteiger charge is 2.32. The summed E-state index contributed by atoms with van der Waals surface area (Å²) in [5.41, 5.74) is 1.52. The summed E-state index contributed by atoms with van der Waals surface area (Å²) in [7, 11) is -3.59. The van der Waals surface area contributed by atoms with E-state index in [1.807, 2.05) is 16.8 Å². The van der Waals surface area contributed by atoms with Crippen LogP contribution in [0.25, 0.3) is 11.4 Å². The maximum absolute atomic E-state index is 13.1. The summed E-state index contributed by atoms with van der Waals surface area (Å²) in [6, 6.07) is 6.94. The van der Waals surface area contributed by atoms with Crippen LogP contribution < -0.4 is 0 Å². The van der Waals surface area contributed by atoms with Crippen LogP contribution in [0.15, 0.2) is 44.4 Å². The average Bonchev–Trinajstić information content (AvgIpc) is 3.36. The summed E-state index contributed by atoms with van der Waals surface area (Å²) in [5.74, 6) is 1.26. The van der Waals surface area contributed by atoms with Gasteiger partial charge in [0.1, 0.15) is 0 Å². The van der Waals surface area contributed by atoms with Crippen molar-refractivity contribution in [3.05, 3.63) is 51.5 Å². The van der Waals surface area contributed by atoms with Gasteiger partial charge in [-0.25, -0.2) is 8.42 Å². The Morgan fingerprint density at radius 3 is 3.00 bits per heavy atom. The highest BCUT2D eigenvalue weighted by molar-refractivity contribution is 7.89. The van der Waals surface area contributed by atoms with Crippen molar-refractivity contribution < 1.29 is 12.9 Å². The molecule has 28 heavy (non-hydrogen) atoms. The number of sulfonamides is 1. The fourth-order valence-corrected chi connectivity index (χ4v) is 6.18. The molecule has 0 radical (unpaired) electrons. The molecule has 4 rings (SSSR count). The van der Waals surface area contributed by atoms with E-state index in [0.717, 1.165) is 18.4 Å². The molecule has 3 aromatic rings. The van der Waals surface area contributed by atoms with E-state index in [1.165, 1.54) is 0 Å². The van der Waals surface area contributed by atoms with E-state index in [2.05, 4.69) is 10.1 Å². The third-order valence-corrected chi connectivity index (χ3v) is 8.13. The van der Waals surface area contributed by atoms with Gasteiger partial charge in [-0.15, -0.1) is 0 Å². The number of halogens is 1. The van der Waals surface area contributed by atoms with Gasteiger partial charge in [0.2, 0.25) is 21.7 Å². The van der Waals surface area contributed by atoms with Crippen LogP contribution in [0.3, 0.4) is 0 Å².